The van der Waals surface area contributed by atoms with Gasteiger partial charge in [-0.25, -0.2) is 4.79 Å². The van der Waals surface area contributed by atoms with Crippen molar-refractivity contribution in [2.45, 2.75) is 13.0 Å². The quantitative estimate of drug-likeness (QED) is 0.808. The molecule has 1 atom stereocenters. The first-order valence-corrected chi connectivity index (χ1v) is 8.49. The molecule has 0 bridgehead atoms. The van der Waals surface area contributed by atoms with Crippen LogP contribution in [0.15, 0.2) is 48.5 Å². The van der Waals surface area contributed by atoms with Crippen LogP contribution >= 0.6 is 11.6 Å². The molecule has 7 heteroatoms. The molecule has 2 aromatic rings. The van der Waals surface area contributed by atoms with E-state index in [0.29, 0.717) is 16.5 Å². The van der Waals surface area contributed by atoms with Crippen LogP contribution in [0.1, 0.15) is 18.5 Å². The predicted octanol–water partition coefficient (Wildman–Crippen LogP) is 3.69. The monoisotopic (exact) mass is 375 g/mol. The Morgan fingerprint density at radius 1 is 1.15 bits per heavy atom. The Kier molecular flexibility index (Phi) is 6.86. The second-order valence-corrected chi connectivity index (χ2v) is 6.41. The summed E-state index contributed by atoms with van der Waals surface area (Å²) >= 11 is 5.87. The molecule has 3 amide bonds. The summed E-state index contributed by atoms with van der Waals surface area (Å²) in [4.78, 5) is 25.2. The van der Waals surface area contributed by atoms with Crippen LogP contribution in [0.25, 0.3) is 0 Å². The number of hydrogen-bond donors (Lipinski definition) is 2. The number of benzene rings is 2. The van der Waals surface area contributed by atoms with E-state index < -0.39 is 0 Å². The predicted molar refractivity (Wildman–Crippen MR) is 103 cm³/mol. The second kappa shape index (κ2) is 9.10. The lowest BCUT2D eigenvalue weighted by Gasteiger charge is -2.16. The van der Waals surface area contributed by atoms with Gasteiger partial charge < -0.3 is 20.3 Å². The molecule has 0 saturated heterocycles. The van der Waals surface area contributed by atoms with Gasteiger partial charge in [0.2, 0.25) is 0 Å². The smallest absolute Gasteiger partial charge is 0.319 e. The number of halogens is 1. The molecule has 0 fully saturated rings. The van der Waals surface area contributed by atoms with Gasteiger partial charge >= 0.3 is 6.03 Å². The highest BCUT2D eigenvalue weighted by atomic mass is 35.5. The molecule has 0 spiro atoms. The molecule has 6 nitrogen and oxygen atoms in total. The average molecular weight is 376 g/mol. The highest BCUT2D eigenvalue weighted by Crippen LogP contribution is 2.19. The third-order valence-electron chi connectivity index (χ3n) is 3.67. The summed E-state index contributed by atoms with van der Waals surface area (Å²) in [5, 5.41) is 6.26. The fourth-order valence-corrected chi connectivity index (χ4v) is 2.26. The molecule has 0 saturated carbocycles. The van der Waals surface area contributed by atoms with E-state index in [1.807, 2.05) is 19.1 Å². The van der Waals surface area contributed by atoms with Crippen molar-refractivity contribution in [2.24, 2.45) is 0 Å². The fraction of sp³-hybridized carbons (Fsp3) is 0.263. The van der Waals surface area contributed by atoms with E-state index >= 15 is 0 Å². The van der Waals surface area contributed by atoms with E-state index in [2.05, 4.69) is 10.6 Å². The zero-order valence-corrected chi connectivity index (χ0v) is 15.7. The molecule has 26 heavy (non-hydrogen) atoms. The van der Waals surface area contributed by atoms with Crippen molar-refractivity contribution in [3.63, 3.8) is 0 Å². The molecule has 2 rings (SSSR count). The van der Waals surface area contributed by atoms with Gasteiger partial charge in [-0.05, 0) is 36.8 Å². The summed E-state index contributed by atoms with van der Waals surface area (Å²) in [5.41, 5.74) is 1.52. The molecular weight excluding hydrogens is 354 g/mol. The largest absolute Gasteiger partial charge is 0.484 e. The van der Waals surface area contributed by atoms with Crippen molar-refractivity contribution in [3.05, 3.63) is 59.1 Å². The third-order valence-corrected chi connectivity index (χ3v) is 3.92. The van der Waals surface area contributed by atoms with Crippen LogP contribution in [-0.2, 0) is 4.79 Å². The maximum absolute atomic E-state index is 12.2. The highest BCUT2D eigenvalue weighted by Gasteiger charge is 2.10. The number of likely N-dealkylation sites (N-methyl/N-ethyl adjacent to an activating group) is 1. The SMILES string of the molecule is CC(NC(=O)Nc1cccc(OCC(=O)N(C)C)c1)c1ccc(Cl)cc1. The minimum absolute atomic E-state index is 0.0593. The Morgan fingerprint density at radius 2 is 1.85 bits per heavy atom. The summed E-state index contributed by atoms with van der Waals surface area (Å²) in [6.45, 7) is 1.82. The first kappa shape index (κ1) is 19.6. The van der Waals surface area contributed by atoms with Crippen LogP contribution in [0.4, 0.5) is 10.5 Å². The lowest BCUT2D eigenvalue weighted by molar-refractivity contribution is -0.130. The van der Waals surface area contributed by atoms with Crippen molar-refractivity contribution in [1.82, 2.24) is 10.2 Å². The Bertz CT molecular complexity index is 763. The highest BCUT2D eigenvalue weighted by molar-refractivity contribution is 6.30. The minimum Gasteiger partial charge on any atom is -0.484 e. The number of carbonyl (C=O) groups excluding carboxylic acids is 2. The van der Waals surface area contributed by atoms with E-state index in [1.54, 1.807) is 50.5 Å². The number of ether oxygens (including phenoxy) is 1. The normalized spacial score (nSPS) is 11.4. The van der Waals surface area contributed by atoms with Gasteiger partial charge in [-0.3, -0.25) is 4.79 Å². The van der Waals surface area contributed by atoms with Gasteiger partial charge in [0, 0.05) is 30.9 Å². The summed E-state index contributed by atoms with van der Waals surface area (Å²) in [7, 11) is 3.33. The Balaban J connectivity index is 1.91. The molecule has 2 aromatic carbocycles. The molecule has 1 unspecified atom stereocenters. The van der Waals surface area contributed by atoms with Crippen LogP contribution in [0.2, 0.25) is 5.02 Å². The number of rotatable bonds is 6. The summed E-state index contributed by atoms with van der Waals surface area (Å²) in [5.74, 6) is 0.363. The van der Waals surface area contributed by atoms with Gasteiger partial charge in [0.1, 0.15) is 5.75 Å². The number of anilines is 1. The van der Waals surface area contributed by atoms with Crippen molar-refractivity contribution in [1.29, 1.82) is 0 Å². The zero-order chi connectivity index (χ0) is 19.1. The van der Waals surface area contributed by atoms with Gasteiger partial charge in [-0.2, -0.15) is 0 Å². The van der Waals surface area contributed by atoms with E-state index in [-0.39, 0.29) is 24.6 Å². The lowest BCUT2D eigenvalue weighted by atomic mass is 10.1. The van der Waals surface area contributed by atoms with E-state index in [4.69, 9.17) is 16.3 Å². The summed E-state index contributed by atoms with van der Waals surface area (Å²) < 4.78 is 5.44. The Morgan fingerprint density at radius 3 is 2.50 bits per heavy atom. The summed E-state index contributed by atoms with van der Waals surface area (Å²) in [6.07, 6.45) is 0. The molecule has 2 N–H and O–H groups in total. The van der Waals surface area contributed by atoms with Crippen LogP contribution < -0.4 is 15.4 Å². The van der Waals surface area contributed by atoms with Gasteiger partial charge in [0.05, 0.1) is 6.04 Å². The standard InChI is InChI=1S/C19H22ClN3O3/c1-13(14-7-9-15(20)10-8-14)21-19(25)22-16-5-4-6-17(11-16)26-12-18(24)23(2)3/h4-11,13H,12H2,1-3H3,(H2,21,22,25). The van der Waals surface area contributed by atoms with Crippen molar-refractivity contribution in [3.8, 4) is 5.75 Å². The number of hydrogen-bond acceptors (Lipinski definition) is 3. The van der Waals surface area contributed by atoms with Gasteiger partial charge in [0.15, 0.2) is 6.61 Å². The molecule has 0 heterocycles. The van der Waals surface area contributed by atoms with Gasteiger partial charge in [-0.1, -0.05) is 29.8 Å². The average Bonchev–Trinajstić information content (AvgIpc) is 2.60. The molecule has 0 radical (unpaired) electrons. The van der Waals surface area contributed by atoms with E-state index in [1.165, 1.54) is 4.90 Å². The van der Waals surface area contributed by atoms with E-state index in [9.17, 15) is 9.59 Å². The Labute approximate surface area is 158 Å². The second-order valence-electron chi connectivity index (χ2n) is 5.98. The number of urea groups is 1. The topological polar surface area (TPSA) is 70.7 Å². The first-order chi connectivity index (χ1) is 12.3. The van der Waals surface area contributed by atoms with Crippen LogP contribution in [0.5, 0.6) is 5.75 Å². The third kappa shape index (κ3) is 5.97. The lowest BCUT2D eigenvalue weighted by Crippen LogP contribution is -2.31. The maximum atomic E-state index is 12.2. The molecule has 0 aromatic heterocycles. The van der Waals surface area contributed by atoms with Crippen LogP contribution in [0.3, 0.4) is 0 Å². The number of amides is 3. The van der Waals surface area contributed by atoms with Crippen LogP contribution in [0, 0.1) is 0 Å². The van der Waals surface area contributed by atoms with E-state index in [0.717, 1.165) is 5.56 Å². The molecule has 138 valence electrons. The minimum atomic E-state index is -0.339. The zero-order valence-electron chi connectivity index (χ0n) is 15.0. The molecule has 0 aliphatic carbocycles. The van der Waals surface area contributed by atoms with Gasteiger partial charge in [-0.15, -0.1) is 0 Å². The fourth-order valence-electron chi connectivity index (χ4n) is 2.14. The van der Waals surface area contributed by atoms with Crippen molar-refractivity contribution in [2.75, 3.05) is 26.0 Å². The van der Waals surface area contributed by atoms with Crippen LogP contribution in [-0.4, -0.2) is 37.5 Å². The van der Waals surface area contributed by atoms with Gasteiger partial charge in [0.25, 0.3) is 5.91 Å². The molecule has 0 aliphatic rings. The molecule has 0 aliphatic heterocycles. The maximum Gasteiger partial charge on any atom is 0.319 e. The number of nitrogens with one attached hydrogen (secondary N) is 2. The number of nitrogens with zero attached hydrogens (tertiary/aromatic N) is 1. The first-order valence-electron chi connectivity index (χ1n) is 8.11. The van der Waals surface area contributed by atoms with Crippen molar-refractivity contribution >= 4 is 29.2 Å². The number of carbonyl (C=O) groups is 2. The summed E-state index contributed by atoms with van der Waals surface area (Å²) in [6, 6.07) is 13.6. The Hall–Kier alpha value is -2.73. The van der Waals surface area contributed by atoms with Crippen molar-refractivity contribution < 1.29 is 14.3 Å². The molecular formula is C19H22ClN3O3.